The van der Waals surface area contributed by atoms with Gasteiger partial charge in [-0.15, -0.1) is 0 Å². The van der Waals surface area contributed by atoms with Crippen molar-refractivity contribution in [3.63, 3.8) is 0 Å². The number of allylic oxidation sites excluding steroid dienone is 1. The second kappa shape index (κ2) is 7.45. The largest absolute Gasteiger partial charge is 0.459 e. The molecule has 0 aromatic heterocycles. The molecule has 1 aromatic carbocycles. The van der Waals surface area contributed by atoms with Gasteiger partial charge in [0.1, 0.15) is 0 Å². The Morgan fingerprint density at radius 2 is 1.83 bits per heavy atom. The van der Waals surface area contributed by atoms with Crippen LogP contribution in [0.15, 0.2) is 29.5 Å². The topological polar surface area (TPSA) is 67.4 Å². The summed E-state index contributed by atoms with van der Waals surface area (Å²) in [5, 5.41) is 6.23. The predicted octanol–water partition coefficient (Wildman–Crippen LogP) is 4.21. The Bertz CT molecular complexity index is 699. The summed E-state index contributed by atoms with van der Waals surface area (Å²) in [5.41, 5.74) is 1.57. The van der Waals surface area contributed by atoms with Gasteiger partial charge in [0, 0.05) is 5.70 Å². The summed E-state index contributed by atoms with van der Waals surface area (Å²) in [7, 11) is 0. The molecule has 0 fully saturated rings. The van der Waals surface area contributed by atoms with Gasteiger partial charge in [-0.1, -0.05) is 43.1 Å². The van der Waals surface area contributed by atoms with Crippen molar-refractivity contribution in [3.8, 4) is 0 Å². The van der Waals surface area contributed by atoms with E-state index in [1.165, 1.54) is 0 Å². The highest BCUT2D eigenvalue weighted by Gasteiger charge is 2.35. The van der Waals surface area contributed by atoms with E-state index in [2.05, 4.69) is 10.6 Å². The van der Waals surface area contributed by atoms with Crippen LogP contribution in [0.25, 0.3) is 0 Å². The summed E-state index contributed by atoms with van der Waals surface area (Å²) >= 11 is 12.0. The number of nitrogens with one attached hydrogen (secondary N) is 2. The van der Waals surface area contributed by atoms with Crippen molar-refractivity contribution < 1.29 is 14.3 Å². The van der Waals surface area contributed by atoms with Crippen LogP contribution < -0.4 is 10.6 Å². The van der Waals surface area contributed by atoms with Gasteiger partial charge in [0.2, 0.25) is 0 Å². The molecule has 0 saturated heterocycles. The van der Waals surface area contributed by atoms with E-state index in [0.29, 0.717) is 26.9 Å². The monoisotopic (exact) mass is 370 g/mol. The first-order valence-electron chi connectivity index (χ1n) is 7.68. The normalized spacial score (nSPS) is 17.8. The molecule has 2 rings (SSSR count). The number of hydrogen-bond acceptors (Lipinski definition) is 3. The van der Waals surface area contributed by atoms with Crippen molar-refractivity contribution in [2.24, 2.45) is 5.92 Å². The number of esters is 1. The Hall–Kier alpha value is -1.72. The van der Waals surface area contributed by atoms with Crippen LogP contribution in [0.5, 0.6) is 0 Å². The maximum Gasteiger partial charge on any atom is 0.338 e. The van der Waals surface area contributed by atoms with Crippen LogP contribution in [0.3, 0.4) is 0 Å². The van der Waals surface area contributed by atoms with Gasteiger partial charge in [-0.05, 0) is 37.5 Å². The van der Waals surface area contributed by atoms with Gasteiger partial charge < -0.3 is 15.4 Å². The van der Waals surface area contributed by atoms with Crippen molar-refractivity contribution in [2.75, 3.05) is 0 Å². The number of carbonyl (C=O) groups is 2. The zero-order valence-corrected chi connectivity index (χ0v) is 15.5. The third-order valence-corrected chi connectivity index (χ3v) is 4.26. The summed E-state index contributed by atoms with van der Waals surface area (Å²) in [6.07, 6.45) is -0.273. The van der Waals surface area contributed by atoms with E-state index < -0.39 is 12.0 Å². The zero-order valence-electron chi connectivity index (χ0n) is 13.9. The maximum absolute atomic E-state index is 12.6. The fraction of sp³-hybridized carbons (Fsp3) is 0.412. The van der Waals surface area contributed by atoms with Crippen molar-refractivity contribution in [1.29, 1.82) is 0 Å². The first kappa shape index (κ1) is 18.6. The lowest BCUT2D eigenvalue weighted by Crippen LogP contribution is -2.47. The van der Waals surface area contributed by atoms with E-state index in [0.717, 1.165) is 0 Å². The van der Waals surface area contributed by atoms with Crippen molar-refractivity contribution in [2.45, 2.75) is 39.8 Å². The molecule has 0 radical (unpaired) electrons. The Labute approximate surface area is 151 Å². The van der Waals surface area contributed by atoms with Crippen LogP contribution in [-0.2, 0) is 9.53 Å². The molecule has 2 N–H and O–H groups in total. The number of hydrogen-bond donors (Lipinski definition) is 2. The number of rotatable bonds is 4. The van der Waals surface area contributed by atoms with Gasteiger partial charge in [-0.25, -0.2) is 9.59 Å². The lowest BCUT2D eigenvalue weighted by molar-refractivity contribution is -0.143. The van der Waals surface area contributed by atoms with Crippen molar-refractivity contribution >= 4 is 35.2 Å². The standard InChI is InChI=1S/C17H20Cl2N2O3/c1-8(2)14-13(16(22)24-9(3)4)15(21-17(23)20-14)10-5-6-11(18)12(19)7-10/h5-9,15H,1-4H3,(H2,20,21,23). The van der Waals surface area contributed by atoms with Crippen molar-refractivity contribution in [3.05, 3.63) is 45.1 Å². The second-order valence-electron chi connectivity index (χ2n) is 6.14. The summed E-state index contributed by atoms with van der Waals surface area (Å²) in [6, 6.07) is 3.97. The van der Waals surface area contributed by atoms with Crippen LogP contribution in [0.1, 0.15) is 39.3 Å². The Morgan fingerprint density at radius 1 is 1.17 bits per heavy atom. The van der Waals surface area contributed by atoms with E-state index >= 15 is 0 Å². The van der Waals surface area contributed by atoms with Crippen LogP contribution >= 0.6 is 23.2 Å². The van der Waals surface area contributed by atoms with Crippen molar-refractivity contribution in [1.82, 2.24) is 10.6 Å². The Balaban J connectivity index is 2.56. The quantitative estimate of drug-likeness (QED) is 0.780. The molecule has 1 aliphatic rings. The number of halogens is 2. The molecule has 0 saturated carbocycles. The van der Waals surface area contributed by atoms with Gasteiger partial charge in [-0.2, -0.15) is 0 Å². The summed E-state index contributed by atoms with van der Waals surface area (Å²) in [4.78, 5) is 24.7. The maximum atomic E-state index is 12.6. The highest BCUT2D eigenvalue weighted by atomic mass is 35.5. The van der Waals surface area contributed by atoms with E-state index in [4.69, 9.17) is 27.9 Å². The molecule has 24 heavy (non-hydrogen) atoms. The lowest BCUT2D eigenvalue weighted by atomic mass is 9.91. The number of amides is 2. The van der Waals surface area contributed by atoms with Crippen LogP contribution in [-0.4, -0.2) is 18.1 Å². The molecule has 0 bridgehead atoms. The number of benzene rings is 1. The third kappa shape index (κ3) is 4.02. The molecule has 1 aliphatic heterocycles. The Morgan fingerprint density at radius 3 is 2.38 bits per heavy atom. The zero-order chi connectivity index (χ0) is 18.0. The molecule has 0 spiro atoms. The van der Waals surface area contributed by atoms with Crippen LogP contribution in [0, 0.1) is 5.92 Å². The molecule has 7 heteroatoms. The molecule has 5 nitrogen and oxygen atoms in total. The third-order valence-electron chi connectivity index (χ3n) is 3.52. The highest BCUT2D eigenvalue weighted by Crippen LogP contribution is 2.33. The summed E-state index contributed by atoms with van der Waals surface area (Å²) in [6.45, 7) is 7.35. The molecule has 0 aliphatic carbocycles. The molecule has 130 valence electrons. The first-order valence-corrected chi connectivity index (χ1v) is 8.43. The smallest absolute Gasteiger partial charge is 0.338 e. The van der Waals surface area contributed by atoms with Gasteiger partial charge in [0.05, 0.1) is 27.8 Å². The molecular weight excluding hydrogens is 351 g/mol. The minimum absolute atomic E-state index is 0.0592. The number of ether oxygens (including phenoxy) is 1. The van der Waals surface area contributed by atoms with Crippen LogP contribution in [0.2, 0.25) is 10.0 Å². The molecular formula is C17H20Cl2N2O3. The minimum Gasteiger partial charge on any atom is -0.459 e. The molecule has 1 unspecified atom stereocenters. The summed E-state index contributed by atoms with van der Waals surface area (Å²) in [5.74, 6) is -0.534. The fourth-order valence-electron chi connectivity index (χ4n) is 2.49. The Kier molecular flexibility index (Phi) is 5.78. The molecule has 2 amide bonds. The van der Waals surface area contributed by atoms with Gasteiger partial charge >= 0.3 is 12.0 Å². The first-order chi connectivity index (χ1) is 11.2. The SMILES string of the molecule is CC(C)OC(=O)C1=C(C(C)C)NC(=O)NC1c1ccc(Cl)c(Cl)c1. The molecule has 1 heterocycles. The predicted molar refractivity (Wildman–Crippen MR) is 94.0 cm³/mol. The van der Waals surface area contributed by atoms with E-state index in [1.807, 2.05) is 13.8 Å². The van der Waals surface area contributed by atoms with E-state index in [1.54, 1.807) is 32.0 Å². The average molecular weight is 371 g/mol. The minimum atomic E-state index is -0.655. The molecule has 1 atom stereocenters. The lowest BCUT2D eigenvalue weighted by Gasteiger charge is -2.31. The van der Waals surface area contributed by atoms with Gasteiger partial charge in [-0.3, -0.25) is 0 Å². The van der Waals surface area contributed by atoms with E-state index in [9.17, 15) is 9.59 Å². The number of carbonyl (C=O) groups excluding carboxylic acids is 2. The van der Waals surface area contributed by atoms with Gasteiger partial charge in [0.25, 0.3) is 0 Å². The summed E-state index contributed by atoms with van der Waals surface area (Å²) < 4.78 is 5.36. The number of urea groups is 1. The molecule has 1 aromatic rings. The van der Waals surface area contributed by atoms with Crippen LogP contribution in [0.4, 0.5) is 4.79 Å². The second-order valence-corrected chi connectivity index (χ2v) is 6.96. The fourth-order valence-corrected chi connectivity index (χ4v) is 2.79. The van der Waals surface area contributed by atoms with E-state index in [-0.39, 0.29) is 18.1 Å². The highest BCUT2D eigenvalue weighted by molar-refractivity contribution is 6.42. The average Bonchev–Trinajstić information content (AvgIpc) is 2.48. The van der Waals surface area contributed by atoms with Gasteiger partial charge in [0.15, 0.2) is 0 Å².